The summed E-state index contributed by atoms with van der Waals surface area (Å²) in [6.07, 6.45) is 2.32. The highest BCUT2D eigenvalue weighted by Crippen LogP contribution is 2.18. The van der Waals surface area contributed by atoms with Crippen LogP contribution in [0.4, 0.5) is 0 Å². The van der Waals surface area contributed by atoms with Crippen molar-refractivity contribution in [2.45, 2.75) is 38.6 Å². The van der Waals surface area contributed by atoms with Crippen LogP contribution in [0.15, 0.2) is 30.3 Å². The van der Waals surface area contributed by atoms with E-state index in [-0.39, 0.29) is 25.0 Å². The lowest BCUT2D eigenvalue weighted by atomic mass is 10.0. The average molecular weight is 293 g/mol. The normalized spacial score (nSPS) is 11.9. The molecular weight excluding hydrogens is 270 g/mol. The Labute approximate surface area is 125 Å². The van der Waals surface area contributed by atoms with Crippen molar-refractivity contribution in [1.82, 2.24) is 5.32 Å². The molecule has 0 saturated carbocycles. The van der Waals surface area contributed by atoms with Gasteiger partial charge in [0.25, 0.3) is 0 Å². The lowest BCUT2D eigenvalue weighted by Crippen LogP contribution is -2.32. The maximum atomic E-state index is 11.9. The summed E-state index contributed by atoms with van der Waals surface area (Å²) in [4.78, 5) is 22.6. The average Bonchev–Trinajstić information content (AvgIpc) is 2.48. The number of carboxylic acids is 1. The summed E-state index contributed by atoms with van der Waals surface area (Å²) in [7, 11) is 0. The number of hydrogen-bond acceptors (Lipinski definition) is 3. The minimum absolute atomic E-state index is 0.0103. The summed E-state index contributed by atoms with van der Waals surface area (Å²) in [6.45, 7) is 2.63. The topological polar surface area (TPSA) is 75.6 Å². The third kappa shape index (κ3) is 7.46. The van der Waals surface area contributed by atoms with Crippen molar-refractivity contribution in [3.05, 3.63) is 35.9 Å². The zero-order chi connectivity index (χ0) is 15.5. The first-order valence-electron chi connectivity index (χ1n) is 7.27. The molecule has 0 spiro atoms. The third-order valence-electron chi connectivity index (χ3n) is 3.06. The van der Waals surface area contributed by atoms with E-state index in [0.29, 0.717) is 13.0 Å². The van der Waals surface area contributed by atoms with Crippen LogP contribution in [0.1, 0.15) is 44.2 Å². The Morgan fingerprint density at radius 2 is 2.00 bits per heavy atom. The Balaban J connectivity index is 2.52. The largest absolute Gasteiger partial charge is 0.481 e. The molecule has 1 rings (SSSR count). The van der Waals surface area contributed by atoms with E-state index in [4.69, 9.17) is 9.84 Å². The monoisotopic (exact) mass is 293 g/mol. The van der Waals surface area contributed by atoms with E-state index >= 15 is 0 Å². The quantitative estimate of drug-likeness (QED) is 0.650. The van der Waals surface area contributed by atoms with Crippen LogP contribution < -0.4 is 5.32 Å². The van der Waals surface area contributed by atoms with E-state index in [9.17, 15) is 9.59 Å². The number of ether oxygens (including phenoxy) is 1. The number of hydrogen-bond donors (Lipinski definition) is 2. The Morgan fingerprint density at radius 1 is 1.29 bits per heavy atom. The molecule has 5 nitrogen and oxygen atoms in total. The molecule has 0 aromatic heterocycles. The van der Waals surface area contributed by atoms with E-state index in [1.807, 2.05) is 30.3 Å². The van der Waals surface area contributed by atoms with Crippen molar-refractivity contribution in [3.63, 3.8) is 0 Å². The molecule has 0 heterocycles. The van der Waals surface area contributed by atoms with Crippen LogP contribution in [0.3, 0.4) is 0 Å². The molecule has 0 saturated heterocycles. The van der Waals surface area contributed by atoms with Crippen molar-refractivity contribution < 1.29 is 19.4 Å². The van der Waals surface area contributed by atoms with Gasteiger partial charge in [0.05, 0.1) is 6.04 Å². The van der Waals surface area contributed by atoms with Gasteiger partial charge in [-0.3, -0.25) is 9.59 Å². The van der Waals surface area contributed by atoms with Crippen molar-refractivity contribution >= 4 is 11.9 Å². The zero-order valence-corrected chi connectivity index (χ0v) is 12.4. The summed E-state index contributed by atoms with van der Waals surface area (Å²) >= 11 is 0. The van der Waals surface area contributed by atoms with Gasteiger partial charge in [-0.1, -0.05) is 43.7 Å². The van der Waals surface area contributed by atoms with Crippen molar-refractivity contribution in [1.29, 1.82) is 0 Å². The van der Waals surface area contributed by atoms with Gasteiger partial charge in [-0.15, -0.1) is 0 Å². The first-order chi connectivity index (χ1) is 10.1. The number of aliphatic carboxylic acids is 1. The molecule has 21 heavy (non-hydrogen) atoms. The highest BCUT2D eigenvalue weighted by atomic mass is 16.5. The predicted molar refractivity (Wildman–Crippen MR) is 79.9 cm³/mol. The lowest BCUT2D eigenvalue weighted by molar-refractivity contribution is -0.137. The number of carboxylic acid groups (broad SMARTS) is 1. The fraction of sp³-hybridized carbons (Fsp3) is 0.500. The maximum absolute atomic E-state index is 11.9. The molecule has 0 aliphatic heterocycles. The Kier molecular flexibility index (Phi) is 8.12. The second-order valence-electron chi connectivity index (χ2n) is 4.87. The first kappa shape index (κ1) is 17.2. The minimum Gasteiger partial charge on any atom is -0.481 e. The molecule has 0 aliphatic rings. The predicted octanol–water partition coefficient (Wildman–Crippen LogP) is 2.53. The highest BCUT2D eigenvalue weighted by molar-refractivity contribution is 5.77. The van der Waals surface area contributed by atoms with Gasteiger partial charge < -0.3 is 15.2 Å². The van der Waals surface area contributed by atoms with Gasteiger partial charge in [0.15, 0.2) is 0 Å². The van der Waals surface area contributed by atoms with Crippen molar-refractivity contribution in [3.8, 4) is 0 Å². The van der Waals surface area contributed by atoms with E-state index < -0.39 is 5.97 Å². The van der Waals surface area contributed by atoms with Gasteiger partial charge in [-0.2, -0.15) is 0 Å². The van der Waals surface area contributed by atoms with Crippen molar-refractivity contribution in [2.75, 3.05) is 13.2 Å². The summed E-state index contributed by atoms with van der Waals surface area (Å²) in [5.74, 6) is -1.09. The Bertz CT molecular complexity index is 433. The van der Waals surface area contributed by atoms with Gasteiger partial charge in [0.2, 0.25) is 5.91 Å². The molecule has 2 N–H and O–H groups in total. The third-order valence-corrected chi connectivity index (χ3v) is 3.06. The molecule has 1 atom stereocenters. The van der Waals surface area contributed by atoms with Crippen molar-refractivity contribution in [2.24, 2.45) is 0 Å². The van der Waals surface area contributed by atoms with Crippen LogP contribution in [0.5, 0.6) is 0 Å². The molecule has 0 fully saturated rings. The van der Waals surface area contributed by atoms with Gasteiger partial charge in [-0.05, 0) is 18.4 Å². The molecule has 116 valence electrons. The highest BCUT2D eigenvalue weighted by Gasteiger charge is 2.15. The number of rotatable bonds is 10. The van der Waals surface area contributed by atoms with Crippen LogP contribution in [0.2, 0.25) is 0 Å². The summed E-state index contributed by atoms with van der Waals surface area (Å²) in [5, 5.41) is 11.6. The van der Waals surface area contributed by atoms with Gasteiger partial charge in [0.1, 0.15) is 6.61 Å². The van der Waals surface area contributed by atoms with E-state index in [0.717, 1.165) is 18.4 Å². The molecule has 1 amide bonds. The number of nitrogens with one attached hydrogen (secondary N) is 1. The van der Waals surface area contributed by atoms with Crippen LogP contribution in [-0.4, -0.2) is 30.2 Å². The lowest BCUT2D eigenvalue weighted by Gasteiger charge is -2.18. The standard InChI is InChI=1S/C16H23NO4/c1-2-3-11-21-12-15(18)17-14(9-10-16(19)20)13-7-5-4-6-8-13/h4-8,14H,2-3,9-12H2,1H3,(H,17,18)(H,19,20). The molecule has 0 bridgehead atoms. The fourth-order valence-corrected chi connectivity index (χ4v) is 1.92. The molecule has 1 aromatic rings. The second kappa shape index (κ2) is 9.94. The first-order valence-corrected chi connectivity index (χ1v) is 7.27. The van der Waals surface area contributed by atoms with Gasteiger partial charge >= 0.3 is 5.97 Å². The molecule has 0 radical (unpaired) electrons. The molecule has 5 heteroatoms. The summed E-state index contributed by atoms with van der Waals surface area (Å²) in [6, 6.07) is 9.08. The van der Waals surface area contributed by atoms with Crippen LogP contribution in [0.25, 0.3) is 0 Å². The van der Waals surface area contributed by atoms with Crippen LogP contribution in [-0.2, 0) is 14.3 Å². The SMILES string of the molecule is CCCCOCC(=O)NC(CCC(=O)O)c1ccccc1. The smallest absolute Gasteiger partial charge is 0.303 e. The maximum Gasteiger partial charge on any atom is 0.303 e. The summed E-state index contributed by atoms with van der Waals surface area (Å²) in [5.41, 5.74) is 0.903. The number of carbonyl (C=O) groups is 2. The minimum atomic E-state index is -0.871. The number of amides is 1. The number of benzene rings is 1. The second-order valence-corrected chi connectivity index (χ2v) is 4.87. The Morgan fingerprint density at radius 3 is 2.62 bits per heavy atom. The van der Waals surface area contributed by atoms with E-state index in [1.54, 1.807) is 0 Å². The molecular formula is C16H23NO4. The Hall–Kier alpha value is -1.88. The van der Waals surface area contributed by atoms with Gasteiger partial charge in [-0.25, -0.2) is 0 Å². The van der Waals surface area contributed by atoms with Crippen LogP contribution >= 0.6 is 0 Å². The molecule has 0 aliphatic carbocycles. The van der Waals surface area contributed by atoms with Gasteiger partial charge in [0, 0.05) is 13.0 Å². The van der Waals surface area contributed by atoms with E-state index in [2.05, 4.69) is 12.2 Å². The summed E-state index contributed by atoms with van der Waals surface area (Å²) < 4.78 is 5.27. The molecule has 1 unspecified atom stereocenters. The fourth-order valence-electron chi connectivity index (χ4n) is 1.92. The van der Waals surface area contributed by atoms with Crippen LogP contribution in [0, 0.1) is 0 Å². The zero-order valence-electron chi connectivity index (χ0n) is 12.4. The van der Waals surface area contributed by atoms with E-state index in [1.165, 1.54) is 0 Å². The molecule has 1 aromatic carbocycles. The number of unbranched alkanes of at least 4 members (excludes halogenated alkanes) is 1. The number of carbonyl (C=O) groups excluding carboxylic acids is 1.